The molecule has 1 heterocycles. The van der Waals surface area contributed by atoms with E-state index in [4.69, 9.17) is 5.73 Å². The van der Waals surface area contributed by atoms with Crippen molar-refractivity contribution in [3.8, 4) is 5.75 Å². The number of benzene rings is 1. The second-order valence-electron chi connectivity index (χ2n) is 6.57. The maximum Gasteiger partial charge on any atom is 0.435 e. The number of amides is 1. The first-order chi connectivity index (χ1) is 12.8. The van der Waals surface area contributed by atoms with E-state index in [0.29, 0.717) is 37.9 Å². The number of anilines is 1. The molecule has 4 N–H and O–H groups in total. The summed E-state index contributed by atoms with van der Waals surface area (Å²) in [6.07, 6.45) is -1.76. The average Bonchev–Trinajstić information content (AvgIpc) is 2.97. The normalized spacial score (nSPS) is 14.1. The Morgan fingerprint density at radius 1 is 1.30 bits per heavy atom. The quantitative estimate of drug-likeness (QED) is 0.693. The van der Waals surface area contributed by atoms with Crippen molar-refractivity contribution in [2.24, 2.45) is 5.73 Å². The van der Waals surface area contributed by atoms with Crippen LogP contribution < -0.4 is 11.1 Å². The number of hydrogen-bond acceptors (Lipinski definition) is 4. The number of carbonyl (C=O) groups excluding carboxylic acids is 1. The summed E-state index contributed by atoms with van der Waals surface area (Å²) in [7, 11) is 0. The van der Waals surface area contributed by atoms with Crippen molar-refractivity contribution in [3.63, 3.8) is 0 Å². The molecule has 146 valence electrons. The Kier molecular flexibility index (Phi) is 5.41. The first kappa shape index (κ1) is 19.2. The topological polar surface area (TPSA) is 93.2 Å². The van der Waals surface area contributed by atoms with E-state index in [1.165, 1.54) is 6.07 Å². The highest BCUT2D eigenvalue weighted by molar-refractivity contribution is 5.92. The van der Waals surface area contributed by atoms with Gasteiger partial charge in [-0.2, -0.15) is 18.3 Å². The fourth-order valence-electron chi connectivity index (χ4n) is 3.36. The van der Waals surface area contributed by atoms with Crippen LogP contribution in [0.4, 0.5) is 18.9 Å². The zero-order valence-electron chi connectivity index (χ0n) is 14.6. The molecule has 2 aromatic rings. The Bertz CT molecular complexity index is 846. The van der Waals surface area contributed by atoms with Crippen LogP contribution in [0.1, 0.15) is 35.4 Å². The van der Waals surface area contributed by atoms with Crippen molar-refractivity contribution >= 4 is 11.6 Å². The van der Waals surface area contributed by atoms with E-state index in [1.54, 1.807) is 12.1 Å². The third-order valence-electron chi connectivity index (χ3n) is 4.59. The van der Waals surface area contributed by atoms with E-state index < -0.39 is 17.8 Å². The molecule has 0 fully saturated rings. The van der Waals surface area contributed by atoms with Gasteiger partial charge in [-0.15, -0.1) is 0 Å². The lowest BCUT2D eigenvalue weighted by molar-refractivity contribution is -0.142. The standard InChI is InChI=1S/C18H21F3N4O2/c19-18(20,21)17-12-3-1-2-4-14(12)25(24-17)10-16(27)23-13-9-11(7-8-22)5-6-15(13)26/h5-6,9,26H,1-4,7-8,10,22H2,(H,23,27). The highest BCUT2D eigenvalue weighted by Gasteiger charge is 2.39. The number of nitrogens with one attached hydrogen (secondary N) is 1. The molecule has 27 heavy (non-hydrogen) atoms. The summed E-state index contributed by atoms with van der Waals surface area (Å²) in [6.45, 7) is 0.0662. The fraction of sp³-hybridized carbons (Fsp3) is 0.444. The van der Waals surface area contributed by atoms with Crippen LogP contribution in [0.3, 0.4) is 0 Å². The lowest BCUT2D eigenvalue weighted by Crippen LogP contribution is -2.22. The van der Waals surface area contributed by atoms with Crippen LogP contribution in [-0.2, 0) is 36.8 Å². The monoisotopic (exact) mass is 382 g/mol. The predicted octanol–water partition coefficient (Wildman–Crippen LogP) is 2.63. The molecule has 0 unspecified atom stereocenters. The molecule has 3 rings (SSSR count). The van der Waals surface area contributed by atoms with Crippen molar-refractivity contribution in [1.82, 2.24) is 9.78 Å². The summed E-state index contributed by atoms with van der Waals surface area (Å²) in [5.41, 5.74) is 6.28. The van der Waals surface area contributed by atoms with Crippen molar-refractivity contribution in [1.29, 1.82) is 0 Å². The molecule has 0 spiro atoms. The van der Waals surface area contributed by atoms with E-state index >= 15 is 0 Å². The number of nitrogens with zero attached hydrogens (tertiary/aromatic N) is 2. The molecule has 0 radical (unpaired) electrons. The molecule has 1 aromatic heterocycles. The maximum absolute atomic E-state index is 13.2. The van der Waals surface area contributed by atoms with Crippen LogP contribution in [-0.4, -0.2) is 27.3 Å². The summed E-state index contributed by atoms with van der Waals surface area (Å²) >= 11 is 0. The molecule has 1 amide bonds. The molecule has 0 saturated heterocycles. The third-order valence-corrected chi connectivity index (χ3v) is 4.59. The number of halogens is 3. The van der Waals surface area contributed by atoms with Crippen LogP contribution >= 0.6 is 0 Å². The molecular formula is C18H21F3N4O2. The van der Waals surface area contributed by atoms with Gasteiger partial charge in [0.15, 0.2) is 5.69 Å². The molecule has 1 aromatic carbocycles. The van der Waals surface area contributed by atoms with Gasteiger partial charge in [0, 0.05) is 11.3 Å². The number of phenols is 1. The Morgan fingerprint density at radius 3 is 2.74 bits per heavy atom. The van der Waals surface area contributed by atoms with Crippen molar-refractivity contribution < 1.29 is 23.1 Å². The number of fused-ring (bicyclic) bond motifs is 1. The summed E-state index contributed by atoms with van der Waals surface area (Å²) in [5.74, 6) is -0.678. The van der Waals surface area contributed by atoms with E-state index in [9.17, 15) is 23.1 Å². The third kappa shape index (κ3) is 4.24. The minimum absolute atomic E-state index is 0.123. The zero-order chi connectivity index (χ0) is 19.6. The lowest BCUT2D eigenvalue weighted by atomic mass is 9.95. The van der Waals surface area contributed by atoms with Gasteiger partial charge in [-0.3, -0.25) is 9.48 Å². The first-order valence-electron chi connectivity index (χ1n) is 8.77. The van der Waals surface area contributed by atoms with Gasteiger partial charge in [-0.25, -0.2) is 0 Å². The van der Waals surface area contributed by atoms with Gasteiger partial charge in [0.2, 0.25) is 5.91 Å². The van der Waals surface area contributed by atoms with Crippen molar-refractivity contribution in [2.75, 3.05) is 11.9 Å². The van der Waals surface area contributed by atoms with Crippen molar-refractivity contribution in [3.05, 3.63) is 40.7 Å². The predicted molar refractivity (Wildman–Crippen MR) is 93.4 cm³/mol. The molecule has 0 saturated carbocycles. The van der Waals surface area contributed by atoms with Crippen LogP contribution in [0.15, 0.2) is 18.2 Å². The Labute approximate surface area is 154 Å². The fourth-order valence-corrected chi connectivity index (χ4v) is 3.36. The number of nitrogens with two attached hydrogens (primary N) is 1. The van der Waals surface area contributed by atoms with E-state index in [-0.39, 0.29) is 23.5 Å². The number of carbonyl (C=O) groups is 1. The number of phenolic OH excluding ortho intramolecular Hbond substituents is 1. The Balaban J connectivity index is 1.81. The maximum atomic E-state index is 13.2. The number of aromatic hydroxyl groups is 1. The van der Waals surface area contributed by atoms with Crippen LogP contribution in [0, 0.1) is 0 Å². The molecule has 1 aliphatic rings. The van der Waals surface area contributed by atoms with Gasteiger partial charge >= 0.3 is 6.18 Å². The van der Waals surface area contributed by atoms with Crippen LogP contribution in [0.2, 0.25) is 0 Å². The van der Waals surface area contributed by atoms with Gasteiger partial charge in [-0.1, -0.05) is 6.07 Å². The zero-order valence-corrected chi connectivity index (χ0v) is 14.6. The smallest absolute Gasteiger partial charge is 0.435 e. The molecular weight excluding hydrogens is 361 g/mol. The second kappa shape index (κ2) is 7.59. The number of alkyl halides is 3. The Hall–Kier alpha value is -2.55. The van der Waals surface area contributed by atoms with Gasteiger partial charge < -0.3 is 16.2 Å². The van der Waals surface area contributed by atoms with E-state index in [1.807, 2.05) is 0 Å². The Morgan fingerprint density at radius 2 is 2.04 bits per heavy atom. The molecule has 0 atom stereocenters. The molecule has 9 heteroatoms. The second-order valence-corrected chi connectivity index (χ2v) is 6.57. The lowest BCUT2D eigenvalue weighted by Gasteiger charge is -2.15. The number of hydrogen-bond donors (Lipinski definition) is 3. The summed E-state index contributed by atoms with van der Waals surface area (Å²) < 4.78 is 40.8. The summed E-state index contributed by atoms with van der Waals surface area (Å²) in [4.78, 5) is 12.4. The highest BCUT2D eigenvalue weighted by Crippen LogP contribution is 2.35. The average molecular weight is 382 g/mol. The first-order valence-corrected chi connectivity index (χ1v) is 8.77. The molecule has 0 aliphatic heterocycles. The number of aromatic nitrogens is 2. The van der Waals surface area contributed by atoms with E-state index in [2.05, 4.69) is 10.4 Å². The molecule has 1 aliphatic carbocycles. The summed E-state index contributed by atoms with van der Waals surface area (Å²) in [6, 6.07) is 4.73. The number of rotatable bonds is 5. The van der Waals surface area contributed by atoms with Crippen LogP contribution in [0.5, 0.6) is 5.75 Å². The molecule has 0 bridgehead atoms. The van der Waals surface area contributed by atoms with Gasteiger partial charge in [0.1, 0.15) is 12.3 Å². The highest BCUT2D eigenvalue weighted by atomic mass is 19.4. The van der Waals surface area contributed by atoms with Crippen LogP contribution in [0.25, 0.3) is 0 Å². The SMILES string of the molecule is NCCc1ccc(O)c(NC(=O)Cn2nc(C(F)(F)F)c3c2CCCC3)c1. The molecule has 6 nitrogen and oxygen atoms in total. The van der Waals surface area contributed by atoms with Gasteiger partial charge in [0.25, 0.3) is 0 Å². The van der Waals surface area contributed by atoms with E-state index in [0.717, 1.165) is 16.7 Å². The van der Waals surface area contributed by atoms with Crippen molar-refractivity contribution in [2.45, 2.75) is 44.8 Å². The minimum Gasteiger partial charge on any atom is -0.506 e. The van der Waals surface area contributed by atoms with Gasteiger partial charge in [0.05, 0.1) is 5.69 Å². The largest absolute Gasteiger partial charge is 0.506 e. The summed E-state index contributed by atoms with van der Waals surface area (Å²) in [5, 5.41) is 16.1. The minimum atomic E-state index is -4.54. The van der Waals surface area contributed by atoms with Gasteiger partial charge in [-0.05, 0) is 56.3 Å².